The van der Waals surface area contributed by atoms with Crippen LogP contribution in [0.4, 0.5) is 11.8 Å². The topological polar surface area (TPSA) is 91.0 Å². The van der Waals surface area contributed by atoms with E-state index in [-0.39, 0.29) is 6.10 Å². The Hall–Kier alpha value is -1.93. The van der Waals surface area contributed by atoms with Crippen molar-refractivity contribution in [2.45, 2.75) is 13.0 Å². The predicted molar refractivity (Wildman–Crippen MR) is 81.6 cm³/mol. The molecule has 0 aliphatic carbocycles. The third-order valence-corrected chi connectivity index (χ3v) is 3.68. The van der Waals surface area contributed by atoms with Crippen molar-refractivity contribution in [1.29, 1.82) is 0 Å². The second-order valence-corrected chi connectivity index (χ2v) is 5.01. The smallest absolute Gasteiger partial charge is 0.226 e. The molecule has 114 valence electrons. The van der Waals surface area contributed by atoms with Gasteiger partial charge in [0.2, 0.25) is 5.95 Å². The van der Waals surface area contributed by atoms with Crippen LogP contribution in [0.1, 0.15) is 6.92 Å². The zero-order valence-electron chi connectivity index (χ0n) is 12.4. The lowest BCUT2D eigenvalue weighted by atomic mass is 10.2. The molecule has 0 radical (unpaired) electrons. The van der Waals surface area contributed by atoms with Gasteiger partial charge in [0.05, 0.1) is 19.0 Å². The van der Waals surface area contributed by atoms with Crippen molar-refractivity contribution in [3.05, 3.63) is 6.33 Å². The van der Waals surface area contributed by atoms with Gasteiger partial charge in [-0.15, -0.1) is 0 Å². The first-order chi connectivity index (χ1) is 10.3. The van der Waals surface area contributed by atoms with Crippen LogP contribution in [0.25, 0.3) is 11.2 Å². The van der Waals surface area contributed by atoms with Gasteiger partial charge in [0.1, 0.15) is 5.52 Å². The molecule has 0 saturated carbocycles. The Labute approximate surface area is 123 Å². The lowest BCUT2D eigenvalue weighted by Crippen LogP contribution is -2.45. The summed E-state index contributed by atoms with van der Waals surface area (Å²) in [6.45, 7) is 6.68. The van der Waals surface area contributed by atoms with Crippen LogP contribution in [-0.2, 0) is 4.74 Å². The highest BCUT2D eigenvalue weighted by molar-refractivity contribution is 5.83. The van der Waals surface area contributed by atoms with Crippen LogP contribution in [0, 0.1) is 0 Å². The maximum atomic E-state index is 5.79. The maximum Gasteiger partial charge on any atom is 0.226 e. The molecule has 3 rings (SSSR count). The Balaban J connectivity index is 1.71. The zero-order valence-corrected chi connectivity index (χ0v) is 12.4. The molecular weight excluding hydrogens is 270 g/mol. The van der Waals surface area contributed by atoms with E-state index in [4.69, 9.17) is 4.74 Å². The van der Waals surface area contributed by atoms with Gasteiger partial charge in [-0.3, -0.25) is 4.90 Å². The number of H-pyrrole nitrogens is 1. The highest BCUT2D eigenvalue weighted by Crippen LogP contribution is 2.18. The van der Waals surface area contributed by atoms with E-state index in [1.165, 1.54) is 0 Å². The lowest BCUT2D eigenvalue weighted by molar-refractivity contribution is -0.0192. The van der Waals surface area contributed by atoms with Crippen LogP contribution in [0.3, 0.4) is 0 Å². The molecule has 1 aliphatic heterocycles. The molecule has 2 aromatic rings. The van der Waals surface area contributed by atoms with Gasteiger partial charge in [0.25, 0.3) is 0 Å². The van der Waals surface area contributed by atoms with Crippen molar-refractivity contribution in [2.75, 3.05) is 50.5 Å². The Morgan fingerprint density at radius 3 is 3.19 bits per heavy atom. The maximum absolute atomic E-state index is 5.79. The summed E-state index contributed by atoms with van der Waals surface area (Å²) in [4.78, 5) is 18.4. The van der Waals surface area contributed by atoms with Gasteiger partial charge in [-0.05, 0) is 6.54 Å². The Kier molecular flexibility index (Phi) is 4.16. The van der Waals surface area contributed by atoms with Crippen molar-refractivity contribution < 1.29 is 4.74 Å². The van der Waals surface area contributed by atoms with Gasteiger partial charge >= 0.3 is 0 Å². The van der Waals surface area contributed by atoms with Gasteiger partial charge in [-0.25, -0.2) is 4.98 Å². The molecular formula is C13H21N7O. The highest BCUT2D eigenvalue weighted by Gasteiger charge is 2.19. The molecule has 1 unspecified atom stereocenters. The van der Waals surface area contributed by atoms with Crippen molar-refractivity contribution in [1.82, 2.24) is 24.8 Å². The minimum absolute atomic E-state index is 0.171. The number of aromatic nitrogens is 4. The monoisotopic (exact) mass is 291 g/mol. The summed E-state index contributed by atoms with van der Waals surface area (Å²) in [7, 11) is 1.79. The fourth-order valence-electron chi connectivity index (χ4n) is 2.47. The van der Waals surface area contributed by atoms with Gasteiger partial charge in [-0.1, -0.05) is 6.92 Å². The Morgan fingerprint density at radius 2 is 2.38 bits per heavy atom. The van der Waals surface area contributed by atoms with Crippen molar-refractivity contribution in [3.8, 4) is 0 Å². The van der Waals surface area contributed by atoms with E-state index in [0.717, 1.165) is 37.6 Å². The fourth-order valence-corrected chi connectivity index (χ4v) is 2.47. The summed E-state index contributed by atoms with van der Waals surface area (Å²) < 4.78 is 5.79. The van der Waals surface area contributed by atoms with Crippen molar-refractivity contribution in [3.63, 3.8) is 0 Å². The van der Waals surface area contributed by atoms with E-state index in [0.29, 0.717) is 18.1 Å². The Morgan fingerprint density at radius 1 is 1.48 bits per heavy atom. The van der Waals surface area contributed by atoms with Gasteiger partial charge in [-0.2, -0.15) is 9.97 Å². The zero-order chi connectivity index (χ0) is 14.7. The highest BCUT2D eigenvalue weighted by atomic mass is 16.5. The van der Waals surface area contributed by atoms with E-state index in [9.17, 15) is 0 Å². The summed E-state index contributed by atoms with van der Waals surface area (Å²) in [5.74, 6) is 1.30. The standard InChI is InChI=1S/C13H21N7O/c1-3-20-4-5-21-9(7-20)6-15-11-10-12(17-8-16-10)19-13(14-2)18-11/h8-9H,3-7H2,1-2H3,(H3,14,15,16,17,18,19). The molecule has 0 bridgehead atoms. The van der Waals surface area contributed by atoms with Crippen molar-refractivity contribution in [2.24, 2.45) is 0 Å². The average molecular weight is 291 g/mol. The number of hydrogen-bond acceptors (Lipinski definition) is 7. The summed E-state index contributed by atoms with van der Waals surface area (Å²) in [5.41, 5.74) is 1.47. The minimum Gasteiger partial charge on any atom is -0.374 e. The number of aromatic amines is 1. The van der Waals surface area contributed by atoms with Crippen LogP contribution in [-0.4, -0.2) is 70.8 Å². The molecule has 0 amide bonds. The van der Waals surface area contributed by atoms with E-state index in [1.54, 1.807) is 13.4 Å². The van der Waals surface area contributed by atoms with Gasteiger partial charge in [0.15, 0.2) is 11.5 Å². The van der Waals surface area contributed by atoms with E-state index < -0.39 is 0 Å². The normalized spacial score (nSPS) is 19.8. The van der Waals surface area contributed by atoms with Crippen LogP contribution in [0.15, 0.2) is 6.33 Å². The van der Waals surface area contributed by atoms with E-state index in [1.807, 2.05) is 0 Å². The second-order valence-electron chi connectivity index (χ2n) is 5.01. The summed E-state index contributed by atoms with van der Waals surface area (Å²) in [6, 6.07) is 0. The molecule has 8 nitrogen and oxygen atoms in total. The number of fused-ring (bicyclic) bond motifs is 1. The number of rotatable bonds is 5. The van der Waals surface area contributed by atoms with E-state index >= 15 is 0 Å². The van der Waals surface area contributed by atoms with Crippen LogP contribution < -0.4 is 10.6 Å². The third-order valence-electron chi connectivity index (χ3n) is 3.68. The molecule has 2 aromatic heterocycles. The first-order valence-electron chi connectivity index (χ1n) is 7.27. The number of imidazole rings is 1. The number of nitrogens with one attached hydrogen (secondary N) is 3. The number of hydrogen-bond donors (Lipinski definition) is 3. The number of likely N-dealkylation sites (N-methyl/N-ethyl adjacent to an activating group) is 1. The Bertz CT molecular complexity index is 599. The molecule has 1 atom stereocenters. The molecule has 8 heteroatoms. The molecule has 1 aliphatic rings. The van der Waals surface area contributed by atoms with E-state index in [2.05, 4.69) is 42.4 Å². The molecule has 3 N–H and O–H groups in total. The SMILES string of the molecule is CCN1CCOC(CNc2nc(NC)nc3nc[nH]c23)C1. The third kappa shape index (κ3) is 3.06. The van der Waals surface area contributed by atoms with Crippen LogP contribution >= 0.6 is 0 Å². The number of anilines is 2. The molecule has 0 spiro atoms. The molecule has 1 fully saturated rings. The summed E-state index contributed by atoms with van der Waals surface area (Å²) in [6.07, 6.45) is 1.80. The van der Waals surface area contributed by atoms with Gasteiger partial charge in [0, 0.05) is 26.7 Å². The van der Waals surface area contributed by atoms with Crippen LogP contribution in [0.2, 0.25) is 0 Å². The number of ether oxygens (including phenoxy) is 1. The largest absolute Gasteiger partial charge is 0.374 e. The lowest BCUT2D eigenvalue weighted by Gasteiger charge is -2.32. The van der Waals surface area contributed by atoms with Crippen molar-refractivity contribution >= 4 is 22.9 Å². The first kappa shape index (κ1) is 14.0. The molecule has 1 saturated heterocycles. The summed E-state index contributed by atoms with van der Waals surface area (Å²) in [5, 5.41) is 6.30. The second kappa shape index (κ2) is 6.23. The average Bonchev–Trinajstić information content (AvgIpc) is 3.01. The molecule has 0 aromatic carbocycles. The summed E-state index contributed by atoms with van der Waals surface area (Å²) >= 11 is 0. The first-order valence-corrected chi connectivity index (χ1v) is 7.27. The molecule has 21 heavy (non-hydrogen) atoms. The number of nitrogens with zero attached hydrogens (tertiary/aromatic N) is 4. The number of morpholine rings is 1. The van der Waals surface area contributed by atoms with Crippen LogP contribution in [0.5, 0.6) is 0 Å². The van der Waals surface area contributed by atoms with Gasteiger partial charge < -0.3 is 20.4 Å². The molecule has 3 heterocycles. The minimum atomic E-state index is 0.171. The quantitative estimate of drug-likeness (QED) is 0.740. The fraction of sp³-hybridized carbons (Fsp3) is 0.615. The predicted octanol–water partition coefficient (Wildman–Crippen LogP) is 0.527.